The second-order valence-electron chi connectivity index (χ2n) is 10.1. The molecule has 6 rings (SSSR count). The summed E-state index contributed by atoms with van der Waals surface area (Å²) in [6, 6.07) is 0. The van der Waals surface area contributed by atoms with Crippen LogP contribution in [0.3, 0.4) is 0 Å². The summed E-state index contributed by atoms with van der Waals surface area (Å²) in [6.45, 7) is 14.9. The molecule has 5 nitrogen and oxygen atoms in total. The number of carbonyl (C=O) groups is 1. The van der Waals surface area contributed by atoms with E-state index in [9.17, 15) is 4.79 Å². The van der Waals surface area contributed by atoms with E-state index >= 15 is 0 Å². The molecule has 0 N–H and O–H groups in total. The summed E-state index contributed by atoms with van der Waals surface area (Å²) in [4.78, 5) is 28.0. The van der Waals surface area contributed by atoms with Gasteiger partial charge in [-0.3, -0.25) is 4.79 Å². The van der Waals surface area contributed by atoms with Crippen molar-refractivity contribution >= 4 is 52.6 Å². The average Bonchev–Trinajstić information content (AvgIpc) is 3.52. The van der Waals surface area contributed by atoms with Crippen molar-refractivity contribution in [1.29, 1.82) is 0 Å². The first-order valence-corrected chi connectivity index (χ1v) is 12.0. The molecule has 3 aromatic rings. The van der Waals surface area contributed by atoms with Gasteiger partial charge < -0.3 is 20.3 Å². The topological polar surface area (TPSA) is 73.5 Å². The van der Waals surface area contributed by atoms with Gasteiger partial charge in [0.2, 0.25) is 0 Å². The van der Waals surface area contributed by atoms with Crippen molar-refractivity contribution in [2.45, 2.75) is 54.9 Å². The molecule has 0 saturated carbocycles. The molecule has 6 heteroatoms. The molecule has 3 aromatic heterocycles. The summed E-state index contributed by atoms with van der Waals surface area (Å²) in [5.41, 5.74) is 12.9. The molecular weight excluding hydrogens is 445 g/mol. The van der Waals surface area contributed by atoms with E-state index in [4.69, 9.17) is 20.3 Å². The minimum absolute atomic E-state index is 0. The molecule has 174 valence electrons. The Labute approximate surface area is 222 Å². The van der Waals surface area contributed by atoms with Crippen LogP contribution < -0.4 is 25.7 Å². The summed E-state index contributed by atoms with van der Waals surface area (Å²) in [7, 11) is 0. The quantitative estimate of drug-likeness (QED) is 0.468. The first-order valence-electron chi connectivity index (χ1n) is 12.0. The van der Waals surface area contributed by atoms with Crippen molar-refractivity contribution in [3.05, 3.63) is 83.6 Å². The number of fused-ring (bicyclic) bond motifs is 7. The smallest absolute Gasteiger partial charge is 0.664 e. The second-order valence-corrected chi connectivity index (χ2v) is 10.1. The molecule has 1 saturated heterocycles. The predicted molar refractivity (Wildman–Crippen MR) is 141 cm³/mol. The Morgan fingerprint density at radius 3 is 1.91 bits per heavy atom. The fourth-order valence-electron chi connectivity index (χ4n) is 5.48. The number of Topliss-reactive ketones (excluding diaryl/α,β-unsaturated/α-hetero) is 1. The van der Waals surface area contributed by atoms with E-state index in [1.807, 2.05) is 13.0 Å². The van der Waals surface area contributed by atoms with Crippen LogP contribution in [-0.4, -0.2) is 28.8 Å². The Kier molecular flexibility index (Phi) is 5.60. The van der Waals surface area contributed by atoms with Gasteiger partial charge >= 0.3 is 23.1 Å². The van der Waals surface area contributed by atoms with Gasteiger partial charge in [0.25, 0.3) is 0 Å². The number of hydrogen-bond donors (Lipinski definition) is 0. The molecule has 1 aliphatic carbocycles. The normalized spacial score (nSPS) is 25.8. The Morgan fingerprint density at radius 1 is 0.714 bits per heavy atom. The van der Waals surface area contributed by atoms with E-state index in [0.717, 1.165) is 72.7 Å². The van der Waals surface area contributed by atoms with Gasteiger partial charge in [-0.05, 0) is 46.5 Å². The molecular formula is C29H28MgN4O-2. The van der Waals surface area contributed by atoms with Crippen molar-refractivity contribution in [3.8, 4) is 0 Å². The number of aromatic nitrogens is 3. The van der Waals surface area contributed by atoms with Crippen LogP contribution in [0.1, 0.15) is 81.2 Å². The summed E-state index contributed by atoms with van der Waals surface area (Å²) in [5.74, 6) is 0.597. The van der Waals surface area contributed by atoms with E-state index in [1.54, 1.807) is 0 Å². The van der Waals surface area contributed by atoms with Gasteiger partial charge in [-0.15, -0.1) is 33.5 Å². The fraction of sp³-hybridized carbons (Fsp3) is 0.345. The largest absolute Gasteiger partial charge is 2.00 e. The van der Waals surface area contributed by atoms with Crippen molar-refractivity contribution in [1.82, 2.24) is 15.0 Å². The van der Waals surface area contributed by atoms with E-state index in [-0.39, 0.29) is 40.7 Å². The summed E-state index contributed by atoms with van der Waals surface area (Å²) >= 11 is 0. The van der Waals surface area contributed by atoms with Crippen LogP contribution in [0.5, 0.6) is 0 Å². The van der Waals surface area contributed by atoms with Crippen LogP contribution in [0.25, 0.3) is 29.1 Å². The Hall–Kier alpha value is -2.70. The molecule has 0 spiro atoms. The first-order chi connectivity index (χ1) is 16.2. The van der Waals surface area contributed by atoms with E-state index in [2.05, 4.69) is 53.7 Å². The van der Waals surface area contributed by atoms with Crippen LogP contribution >= 0.6 is 0 Å². The fourth-order valence-corrected chi connectivity index (χ4v) is 5.48. The molecule has 3 aliphatic rings. The van der Waals surface area contributed by atoms with Crippen LogP contribution in [0.2, 0.25) is 0 Å². The minimum atomic E-state index is 0. The monoisotopic (exact) mass is 472 g/mol. The van der Waals surface area contributed by atoms with Crippen molar-refractivity contribution in [2.75, 3.05) is 0 Å². The zero-order valence-electron chi connectivity index (χ0n) is 21.5. The van der Waals surface area contributed by atoms with E-state index in [1.165, 1.54) is 11.1 Å². The third kappa shape index (κ3) is 3.37. The first kappa shape index (κ1) is 24.0. The van der Waals surface area contributed by atoms with Gasteiger partial charge in [-0.1, -0.05) is 65.5 Å². The van der Waals surface area contributed by atoms with Crippen LogP contribution in [0.15, 0.2) is 11.4 Å². The summed E-state index contributed by atoms with van der Waals surface area (Å²) < 4.78 is 0. The maximum atomic E-state index is 13.1. The Balaban J connectivity index is 0.00000253. The number of hydrogen-bond acceptors (Lipinski definition) is 1. The second kappa shape index (κ2) is 8.17. The minimum Gasteiger partial charge on any atom is -0.664 e. The van der Waals surface area contributed by atoms with Gasteiger partial charge in [0.1, 0.15) is 0 Å². The van der Waals surface area contributed by atoms with Gasteiger partial charge in [0.05, 0.1) is 0 Å². The summed E-state index contributed by atoms with van der Waals surface area (Å²) in [6.07, 6.45) is 6.62. The molecule has 0 aromatic carbocycles. The van der Waals surface area contributed by atoms with Crippen LogP contribution in [0.4, 0.5) is 0 Å². The molecule has 2 aliphatic heterocycles. The number of nitrogens with zero attached hydrogens (tertiary/aromatic N) is 4. The van der Waals surface area contributed by atoms with Crippen molar-refractivity contribution in [2.24, 2.45) is 11.8 Å². The molecule has 2 atom stereocenters. The van der Waals surface area contributed by atoms with Gasteiger partial charge in [0, 0.05) is 12.0 Å². The Morgan fingerprint density at radius 2 is 1.29 bits per heavy atom. The maximum Gasteiger partial charge on any atom is 2.00 e. The number of carbonyl (C=O) groups excluding carboxylic acids is 1. The standard InChI is InChI=1S/C29H29N4O.Mg/c1-12-14(3)22-10-24-16(5)17(6)28(32-24)19-8-26(34)27-18(7)25(33-29(19)27)11-23-15(4)13(2)21(31-23)9-20(12)30-22;/h9-11,16-17H,8H2,1-7H3,(H-,32,33,34);/q-3;+2/p-1/b21-9-,23-11-,24-10-;. The van der Waals surface area contributed by atoms with Crippen molar-refractivity contribution in [3.63, 3.8) is 0 Å². The Bertz CT molecular complexity index is 1600. The van der Waals surface area contributed by atoms with Crippen LogP contribution in [-0.2, 0) is 0 Å². The zero-order valence-corrected chi connectivity index (χ0v) is 22.9. The van der Waals surface area contributed by atoms with E-state index < -0.39 is 0 Å². The number of ketones is 1. The molecule has 35 heavy (non-hydrogen) atoms. The van der Waals surface area contributed by atoms with E-state index in [0.29, 0.717) is 6.42 Å². The SMILES string of the molecule is Cc1c2[n-]c(c1C)/C=c1\[n-]/c(c(C)c1C)=C\c1[n-]c3c(c1C)C(=O)C/C3=C1/[N-]/C(=C\2)C(C)C1C.[Mg+2]. The van der Waals surface area contributed by atoms with Crippen LogP contribution in [0, 0.1) is 46.5 Å². The molecule has 2 unspecified atom stereocenters. The molecule has 0 amide bonds. The predicted octanol–water partition coefficient (Wildman–Crippen LogP) is 3.69. The van der Waals surface area contributed by atoms with Gasteiger partial charge in [-0.25, -0.2) is 0 Å². The van der Waals surface area contributed by atoms with Crippen molar-refractivity contribution < 1.29 is 4.79 Å². The van der Waals surface area contributed by atoms with Gasteiger partial charge in [0.15, 0.2) is 5.78 Å². The average molecular weight is 473 g/mol. The molecule has 0 radical (unpaired) electrons. The number of allylic oxidation sites excluding steroid dienone is 3. The molecule has 5 heterocycles. The summed E-state index contributed by atoms with van der Waals surface area (Å²) in [5, 5.41) is 6.91. The third-order valence-electron chi connectivity index (χ3n) is 8.31. The third-order valence-corrected chi connectivity index (χ3v) is 8.31. The zero-order chi connectivity index (χ0) is 24.0. The molecule has 8 bridgehead atoms. The van der Waals surface area contributed by atoms with Gasteiger partial charge in [-0.2, -0.15) is 11.4 Å². The maximum absolute atomic E-state index is 13.1. The number of rotatable bonds is 0. The molecule has 1 fully saturated rings.